The summed E-state index contributed by atoms with van der Waals surface area (Å²) in [5.74, 6) is -1.20. The van der Waals surface area contributed by atoms with Gasteiger partial charge in [-0.1, -0.05) is 42.0 Å². The number of aromatic nitrogens is 4. The first-order valence-corrected chi connectivity index (χ1v) is 14.2. The molecule has 3 aromatic carbocycles. The highest BCUT2D eigenvalue weighted by Crippen LogP contribution is 2.18. The van der Waals surface area contributed by atoms with Crippen LogP contribution in [0.4, 0.5) is 16.2 Å². The predicted octanol–water partition coefficient (Wildman–Crippen LogP) is 3.42. The second-order valence-corrected chi connectivity index (χ2v) is 10.0. The number of amides is 4. The molecule has 1 heterocycles. The van der Waals surface area contributed by atoms with E-state index in [1.807, 2.05) is 55.5 Å². The largest absolute Gasteiger partial charge is 0.469 e. The Balaban J connectivity index is 1.39. The Morgan fingerprint density at radius 2 is 1.69 bits per heavy atom. The van der Waals surface area contributed by atoms with Crippen LogP contribution < -0.4 is 21.3 Å². The zero-order valence-electron chi connectivity index (χ0n) is 24.9. The van der Waals surface area contributed by atoms with Gasteiger partial charge in [-0.2, -0.15) is 4.68 Å². The fourth-order valence-corrected chi connectivity index (χ4v) is 4.31. The van der Waals surface area contributed by atoms with Gasteiger partial charge in [0, 0.05) is 42.4 Å². The highest BCUT2D eigenvalue weighted by atomic mass is 16.5. The standard InChI is InChI=1S/C32H34N8O5/c1-22-10-16-28(40-21-34-38-39-40)24(19-22)11-17-29(41)37-27(20-23-7-4-3-5-8-23)31(43)35-25-12-14-26(15-13-25)36-32(44)33-18-6-9-30(42)45-2/h3-5,7-8,10-17,19,21,27H,6,9,18,20H2,1-2H3,(H,35,43)(H,37,41)(H2,33,36,44)/b17-11+/t27-/m0/s1. The summed E-state index contributed by atoms with van der Waals surface area (Å²) in [5, 5.41) is 22.3. The van der Waals surface area contributed by atoms with Crippen molar-refractivity contribution in [3.8, 4) is 5.69 Å². The van der Waals surface area contributed by atoms with Crippen LogP contribution in [0.15, 0.2) is 85.2 Å². The quantitative estimate of drug-likeness (QED) is 0.101. The molecule has 0 saturated heterocycles. The van der Waals surface area contributed by atoms with E-state index in [9.17, 15) is 19.2 Å². The van der Waals surface area contributed by atoms with Gasteiger partial charge >= 0.3 is 12.0 Å². The third kappa shape index (κ3) is 10.1. The van der Waals surface area contributed by atoms with Gasteiger partial charge in [-0.25, -0.2) is 4.79 Å². The molecule has 0 bridgehead atoms. The van der Waals surface area contributed by atoms with Crippen LogP contribution in [0.1, 0.15) is 29.5 Å². The average Bonchev–Trinajstić information content (AvgIpc) is 3.58. The zero-order chi connectivity index (χ0) is 32.0. The minimum absolute atomic E-state index is 0.211. The minimum atomic E-state index is -0.880. The molecule has 0 aliphatic heterocycles. The molecule has 4 aromatic rings. The molecule has 4 rings (SSSR count). The van der Waals surface area contributed by atoms with Gasteiger partial charge in [0.05, 0.1) is 12.8 Å². The third-order valence-electron chi connectivity index (χ3n) is 6.59. The molecule has 1 atom stereocenters. The van der Waals surface area contributed by atoms with E-state index in [0.29, 0.717) is 30.0 Å². The number of nitrogens with one attached hydrogen (secondary N) is 4. The fraction of sp³-hybridized carbons (Fsp3) is 0.219. The van der Waals surface area contributed by atoms with Crippen LogP contribution in [0.2, 0.25) is 0 Å². The van der Waals surface area contributed by atoms with Crippen molar-refractivity contribution < 1.29 is 23.9 Å². The van der Waals surface area contributed by atoms with Crippen LogP contribution in [-0.4, -0.2) is 63.7 Å². The molecule has 0 radical (unpaired) electrons. The van der Waals surface area contributed by atoms with Gasteiger partial charge in [-0.05, 0) is 71.8 Å². The third-order valence-corrected chi connectivity index (χ3v) is 6.59. The summed E-state index contributed by atoms with van der Waals surface area (Å²) in [5.41, 5.74) is 4.28. The number of urea groups is 1. The first kappa shape index (κ1) is 32.1. The number of carbonyl (C=O) groups excluding carboxylic acids is 4. The molecule has 4 amide bonds. The Hall–Kier alpha value is -5.85. The number of hydrogen-bond acceptors (Lipinski definition) is 8. The maximum atomic E-state index is 13.4. The number of tetrazole rings is 1. The number of benzene rings is 3. The molecule has 4 N–H and O–H groups in total. The van der Waals surface area contributed by atoms with Crippen molar-refractivity contribution in [3.63, 3.8) is 0 Å². The normalized spacial score (nSPS) is 11.4. The lowest BCUT2D eigenvalue weighted by Crippen LogP contribution is -2.44. The Labute approximate surface area is 260 Å². The highest BCUT2D eigenvalue weighted by molar-refractivity contribution is 6.00. The molecule has 0 fully saturated rings. The van der Waals surface area contributed by atoms with Crippen molar-refractivity contribution >= 4 is 41.3 Å². The number of ether oxygens (including phenoxy) is 1. The smallest absolute Gasteiger partial charge is 0.319 e. The Morgan fingerprint density at radius 1 is 0.956 bits per heavy atom. The first-order valence-electron chi connectivity index (χ1n) is 14.2. The molecule has 0 aliphatic carbocycles. The van der Waals surface area contributed by atoms with Gasteiger partial charge in [-0.3, -0.25) is 14.4 Å². The molecular weight excluding hydrogens is 576 g/mol. The van der Waals surface area contributed by atoms with Crippen LogP contribution in [0.5, 0.6) is 0 Å². The Morgan fingerprint density at radius 3 is 2.38 bits per heavy atom. The maximum Gasteiger partial charge on any atom is 0.319 e. The van der Waals surface area contributed by atoms with E-state index in [-0.39, 0.29) is 18.8 Å². The minimum Gasteiger partial charge on any atom is -0.469 e. The maximum absolute atomic E-state index is 13.4. The van der Waals surface area contributed by atoms with Crippen molar-refractivity contribution in [1.29, 1.82) is 0 Å². The molecule has 232 valence electrons. The van der Waals surface area contributed by atoms with E-state index >= 15 is 0 Å². The van der Waals surface area contributed by atoms with Crippen molar-refractivity contribution in [3.05, 3.63) is 102 Å². The van der Waals surface area contributed by atoms with Gasteiger partial charge in [0.25, 0.3) is 0 Å². The van der Waals surface area contributed by atoms with Gasteiger partial charge < -0.3 is 26.0 Å². The monoisotopic (exact) mass is 610 g/mol. The molecule has 0 aliphatic rings. The van der Waals surface area contributed by atoms with E-state index in [1.165, 1.54) is 24.2 Å². The number of anilines is 2. The average molecular weight is 611 g/mol. The number of esters is 1. The summed E-state index contributed by atoms with van der Waals surface area (Å²) in [7, 11) is 1.31. The second-order valence-electron chi connectivity index (χ2n) is 10.0. The van der Waals surface area contributed by atoms with Crippen molar-refractivity contribution in [1.82, 2.24) is 30.8 Å². The lowest BCUT2D eigenvalue weighted by Gasteiger charge is -2.18. The number of aryl methyl sites for hydroxylation is 1. The lowest BCUT2D eigenvalue weighted by atomic mass is 10.0. The number of nitrogens with zero attached hydrogens (tertiary/aromatic N) is 4. The van der Waals surface area contributed by atoms with Gasteiger partial charge in [0.2, 0.25) is 11.8 Å². The Bertz CT molecular complexity index is 1620. The number of rotatable bonds is 13. The molecule has 13 nitrogen and oxygen atoms in total. The molecule has 0 saturated carbocycles. The van der Waals surface area contributed by atoms with Crippen LogP contribution >= 0.6 is 0 Å². The SMILES string of the molecule is COC(=O)CCCNC(=O)Nc1ccc(NC(=O)[C@H](Cc2ccccc2)NC(=O)/C=C/c2cc(C)ccc2-n2cnnn2)cc1. The molecule has 45 heavy (non-hydrogen) atoms. The molecule has 13 heteroatoms. The van der Waals surface area contributed by atoms with Gasteiger partial charge in [-0.15, -0.1) is 5.10 Å². The van der Waals surface area contributed by atoms with E-state index in [2.05, 4.69) is 41.5 Å². The predicted molar refractivity (Wildman–Crippen MR) is 168 cm³/mol. The number of methoxy groups -OCH3 is 1. The van der Waals surface area contributed by atoms with Crippen LogP contribution in [0.3, 0.4) is 0 Å². The number of carbonyl (C=O) groups is 4. The molecule has 1 aromatic heterocycles. The van der Waals surface area contributed by atoms with Crippen molar-refractivity contribution in [2.24, 2.45) is 0 Å². The summed E-state index contributed by atoms with van der Waals surface area (Å²) in [6, 6.07) is 20.3. The summed E-state index contributed by atoms with van der Waals surface area (Å²) in [6.45, 7) is 2.25. The fourth-order valence-electron chi connectivity index (χ4n) is 4.31. The lowest BCUT2D eigenvalue weighted by molar-refractivity contribution is -0.140. The van der Waals surface area contributed by atoms with E-state index in [1.54, 1.807) is 30.3 Å². The van der Waals surface area contributed by atoms with E-state index < -0.39 is 23.9 Å². The molecule has 0 spiro atoms. The summed E-state index contributed by atoms with van der Waals surface area (Å²) < 4.78 is 6.08. The highest BCUT2D eigenvalue weighted by Gasteiger charge is 2.21. The van der Waals surface area contributed by atoms with E-state index in [0.717, 1.165) is 16.7 Å². The second kappa shape index (κ2) is 16.1. The summed E-state index contributed by atoms with van der Waals surface area (Å²) in [4.78, 5) is 49.7. The van der Waals surface area contributed by atoms with Crippen LogP contribution in [0, 0.1) is 6.92 Å². The van der Waals surface area contributed by atoms with Gasteiger partial charge in [0.15, 0.2) is 0 Å². The van der Waals surface area contributed by atoms with Gasteiger partial charge in [0.1, 0.15) is 12.4 Å². The molecule has 0 unspecified atom stereocenters. The van der Waals surface area contributed by atoms with Crippen molar-refractivity contribution in [2.45, 2.75) is 32.2 Å². The van der Waals surface area contributed by atoms with Crippen LogP contribution in [-0.2, 0) is 25.5 Å². The molecular formula is C32H34N8O5. The number of hydrogen-bond donors (Lipinski definition) is 4. The summed E-state index contributed by atoms with van der Waals surface area (Å²) in [6.07, 6.45) is 5.42. The first-order chi connectivity index (χ1) is 21.8. The summed E-state index contributed by atoms with van der Waals surface area (Å²) >= 11 is 0. The Kier molecular flexibility index (Phi) is 11.5. The van der Waals surface area contributed by atoms with Crippen LogP contribution in [0.25, 0.3) is 11.8 Å². The topological polar surface area (TPSA) is 169 Å². The van der Waals surface area contributed by atoms with Crippen molar-refractivity contribution in [2.75, 3.05) is 24.3 Å². The zero-order valence-corrected chi connectivity index (χ0v) is 24.9. The van der Waals surface area contributed by atoms with E-state index in [4.69, 9.17) is 0 Å².